The molecule has 0 radical (unpaired) electrons. The minimum Gasteiger partial charge on any atom is -0.385 e. The van der Waals surface area contributed by atoms with Gasteiger partial charge in [-0.25, -0.2) is 0 Å². The van der Waals surface area contributed by atoms with E-state index in [1.54, 1.807) is 7.11 Å². The Morgan fingerprint density at radius 2 is 2.22 bits per heavy atom. The van der Waals surface area contributed by atoms with Gasteiger partial charge in [0.05, 0.1) is 0 Å². The Balaban J connectivity index is 1.78. The van der Waals surface area contributed by atoms with Crippen LogP contribution in [0.1, 0.15) is 24.8 Å². The van der Waals surface area contributed by atoms with Crippen molar-refractivity contribution in [1.82, 2.24) is 5.32 Å². The van der Waals surface area contributed by atoms with Crippen LogP contribution >= 0.6 is 27.5 Å². The van der Waals surface area contributed by atoms with Crippen molar-refractivity contribution in [1.29, 1.82) is 0 Å². The predicted octanol–water partition coefficient (Wildman–Crippen LogP) is 4.01. The van der Waals surface area contributed by atoms with Crippen molar-refractivity contribution in [2.75, 3.05) is 20.3 Å². The Hall–Kier alpha value is -0.0900. The minimum absolute atomic E-state index is 0.495. The van der Waals surface area contributed by atoms with Gasteiger partial charge in [0.2, 0.25) is 0 Å². The second kappa shape index (κ2) is 6.38. The molecule has 4 heteroatoms. The Labute approximate surface area is 122 Å². The van der Waals surface area contributed by atoms with E-state index < -0.39 is 0 Å². The fourth-order valence-electron chi connectivity index (χ4n) is 2.14. The summed E-state index contributed by atoms with van der Waals surface area (Å²) in [5.41, 5.74) is 1.75. The van der Waals surface area contributed by atoms with Crippen LogP contribution in [0.15, 0.2) is 22.7 Å². The van der Waals surface area contributed by atoms with E-state index in [9.17, 15) is 0 Å². The molecule has 0 amide bonds. The number of methoxy groups -OCH3 is 1. The number of benzene rings is 1. The molecule has 0 unspecified atom stereocenters. The summed E-state index contributed by atoms with van der Waals surface area (Å²) >= 11 is 9.47. The Morgan fingerprint density at radius 1 is 1.44 bits per heavy atom. The monoisotopic (exact) mass is 331 g/mol. The van der Waals surface area contributed by atoms with Crippen molar-refractivity contribution in [2.45, 2.75) is 25.8 Å². The van der Waals surface area contributed by atoms with Crippen molar-refractivity contribution < 1.29 is 4.74 Å². The molecule has 2 rings (SSSR count). The van der Waals surface area contributed by atoms with Crippen molar-refractivity contribution >= 4 is 27.5 Å². The van der Waals surface area contributed by atoms with Gasteiger partial charge in [-0.2, -0.15) is 0 Å². The molecular formula is C14H19BrClNO. The topological polar surface area (TPSA) is 21.3 Å². The molecule has 0 spiro atoms. The lowest BCUT2D eigenvalue weighted by atomic mass is 10.0. The second-order valence-electron chi connectivity index (χ2n) is 5.08. The third-order valence-electron chi connectivity index (χ3n) is 3.62. The molecule has 0 aliphatic heterocycles. The van der Waals surface area contributed by atoms with Gasteiger partial charge in [-0.05, 0) is 42.4 Å². The lowest BCUT2D eigenvalue weighted by molar-refractivity contribution is 0.171. The van der Waals surface area contributed by atoms with Crippen LogP contribution in [0.25, 0.3) is 0 Å². The summed E-state index contributed by atoms with van der Waals surface area (Å²) in [5, 5.41) is 4.31. The van der Waals surface area contributed by atoms with Gasteiger partial charge in [0.1, 0.15) is 0 Å². The molecule has 0 aromatic heterocycles. The van der Waals surface area contributed by atoms with Gasteiger partial charge in [0.25, 0.3) is 0 Å². The molecule has 2 nitrogen and oxygen atoms in total. The van der Waals surface area contributed by atoms with Gasteiger partial charge >= 0.3 is 0 Å². The molecule has 1 aromatic rings. The van der Waals surface area contributed by atoms with E-state index in [-0.39, 0.29) is 0 Å². The van der Waals surface area contributed by atoms with Crippen LogP contribution in [-0.4, -0.2) is 20.3 Å². The van der Waals surface area contributed by atoms with Gasteiger partial charge in [-0.15, -0.1) is 0 Å². The quantitative estimate of drug-likeness (QED) is 0.814. The number of nitrogens with one attached hydrogen (secondary N) is 1. The maximum atomic E-state index is 5.93. The first-order chi connectivity index (χ1) is 8.65. The van der Waals surface area contributed by atoms with Gasteiger partial charge in [0, 0.05) is 36.3 Å². The Kier molecular flexibility index (Phi) is 5.07. The van der Waals surface area contributed by atoms with Crippen molar-refractivity contribution in [2.24, 2.45) is 5.41 Å². The van der Waals surface area contributed by atoms with Crippen molar-refractivity contribution in [3.63, 3.8) is 0 Å². The average molecular weight is 333 g/mol. The molecule has 1 aliphatic carbocycles. The van der Waals surface area contributed by atoms with Crippen molar-refractivity contribution in [3.8, 4) is 0 Å². The molecule has 1 N–H and O–H groups in total. The average Bonchev–Trinajstić information content (AvgIpc) is 3.10. The fraction of sp³-hybridized carbons (Fsp3) is 0.571. The highest BCUT2D eigenvalue weighted by atomic mass is 79.9. The zero-order valence-corrected chi connectivity index (χ0v) is 13.0. The molecule has 0 atom stereocenters. The highest BCUT2D eigenvalue weighted by Gasteiger charge is 2.41. The SMILES string of the molecule is COCCC1(CNCc2ccc(Cl)cc2Br)CC1. The van der Waals surface area contributed by atoms with Crippen LogP contribution in [0.5, 0.6) is 0 Å². The van der Waals surface area contributed by atoms with Crippen LogP contribution < -0.4 is 5.32 Å². The number of halogens is 2. The van der Waals surface area contributed by atoms with Crippen LogP contribution in [0, 0.1) is 5.41 Å². The third-order valence-corrected chi connectivity index (χ3v) is 4.60. The molecule has 0 saturated heterocycles. The first-order valence-electron chi connectivity index (χ1n) is 6.29. The summed E-state index contributed by atoms with van der Waals surface area (Å²) < 4.78 is 6.24. The van der Waals surface area contributed by atoms with Crippen LogP contribution in [-0.2, 0) is 11.3 Å². The lowest BCUT2D eigenvalue weighted by Gasteiger charge is -2.16. The van der Waals surface area contributed by atoms with E-state index in [2.05, 4.69) is 27.3 Å². The van der Waals surface area contributed by atoms with Gasteiger partial charge in [-0.1, -0.05) is 33.6 Å². The van der Waals surface area contributed by atoms with E-state index in [0.29, 0.717) is 5.41 Å². The smallest absolute Gasteiger partial charge is 0.0468 e. The second-order valence-corrected chi connectivity index (χ2v) is 6.37. The fourth-order valence-corrected chi connectivity index (χ4v) is 2.96. The Morgan fingerprint density at radius 3 is 2.83 bits per heavy atom. The number of hydrogen-bond acceptors (Lipinski definition) is 2. The standard InChI is InChI=1S/C14H19BrClNO/c1-18-7-6-14(4-5-14)10-17-9-11-2-3-12(16)8-13(11)15/h2-3,8,17H,4-7,9-10H2,1H3. The third kappa shape index (κ3) is 3.95. The highest BCUT2D eigenvalue weighted by molar-refractivity contribution is 9.10. The van der Waals surface area contributed by atoms with E-state index in [1.807, 2.05) is 12.1 Å². The zero-order valence-electron chi connectivity index (χ0n) is 10.6. The van der Waals surface area contributed by atoms with E-state index in [0.717, 1.165) is 35.6 Å². The molecule has 100 valence electrons. The van der Waals surface area contributed by atoms with Crippen LogP contribution in [0.2, 0.25) is 5.02 Å². The zero-order chi connectivity index (χ0) is 13.0. The lowest BCUT2D eigenvalue weighted by Crippen LogP contribution is -2.24. The molecule has 1 fully saturated rings. The maximum absolute atomic E-state index is 5.93. The summed E-state index contributed by atoms with van der Waals surface area (Å²) in [6.07, 6.45) is 3.81. The Bertz CT molecular complexity index is 407. The van der Waals surface area contributed by atoms with E-state index in [4.69, 9.17) is 16.3 Å². The summed E-state index contributed by atoms with van der Waals surface area (Å²) in [5.74, 6) is 0. The summed E-state index contributed by atoms with van der Waals surface area (Å²) in [6.45, 7) is 2.82. The van der Waals surface area contributed by atoms with Gasteiger partial charge < -0.3 is 10.1 Å². The molecule has 0 bridgehead atoms. The summed E-state index contributed by atoms with van der Waals surface area (Å²) in [7, 11) is 1.77. The molecule has 1 saturated carbocycles. The van der Waals surface area contributed by atoms with Crippen LogP contribution in [0.3, 0.4) is 0 Å². The predicted molar refractivity (Wildman–Crippen MR) is 79.0 cm³/mol. The van der Waals surface area contributed by atoms with E-state index in [1.165, 1.54) is 18.4 Å². The summed E-state index contributed by atoms with van der Waals surface area (Å²) in [6, 6.07) is 5.94. The van der Waals surface area contributed by atoms with Crippen LogP contribution in [0.4, 0.5) is 0 Å². The van der Waals surface area contributed by atoms with Gasteiger partial charge in [-0.3, -0.25) is 0 Å². The first kappa shape index (κ1) is 14.3. The normalized spacial score (nSPS) is 16.8. The molecular weight excluding hydrogens is 314 g/mol. The number of ether oxygens (including phenoxy) is 1. The molecule has 1 aromatic carbocycles. The first-order valence-corrected chi connectivity index (χ1v) is 7.46. The largest absolute Gasteiger partial charge is 0.385 e. The van der Waals surface area contributed by atoms with E-state index >= 15 is 0 Å². The number of rotatable bonds is 7. The van der Waals surface area contributed by atoms with Crippen molar-refractivity contribution in [3.05, 3.63) is 33.3 Å². The summed E-state index contributed by atoms with van der Waals surface area (Å²) in [4.78, 5) is 0. The molecule has 0 heterocycles. The molecule has 18 heavy (non-hydrogen) atoms. The number of hydrogen-bond donors (Lipinski definition) is 1. The highest BCUT2D eigenvalue weighted by Crippen LogP contribution is 2.48. The van der Waals surface area contributed by atoms with Gasteiger partial charge in [0.15, 0.2) is 0 Å². The molecule has 1 aliphatic rings. The maximum Gasteiger partial charge on any atom is 0.0468 e. The minimum atomic E-state index is 0.495.